The van der Waals surface area contributed by atoms with Gasteiger partial charge in [0.15, 0.2) is 0 Å². The standard InChI is InChI=1S/C13H18N2O4/c1-2-19-10-5-3-9(4-6-10)8-15-12(16)7-11(14)13(17)18/h3-6,11H,2,7-8,14H2,1H3,(H,15,16)(H,17,18). The first-order valence-corrected chi connectivity index (χ1v) is 5.99. The molecule has 6 nitrogen and oxygen atoms in total. The predicted molar refractivity (Wildman–Crippen MR) is 69.7 cm³/mol. The molecule has 0 aliphatic carbocycles. The Kier molecular flexibility index (Phi) is 5.81. The molecule has 0 spiro atoms. The number of hydrogen-bond donors (Lipinski definition) is 3. The van der Waals surface area contributed by atoms with E-state index in [9.17, 15) is 9.59 Å². The van der Waals surface area contributed by atoms with Gasteiger partial charge in [-0.15, -0.1) is 0 Å². The molecule has 0 saturated heterocycles. The second-order valence-corrected chi connectivity index (χ2v) is 4.00. The van der Waals surface area contributed by atoms with Crippen LogP contribution in [0, 0.1) is 0 Å². The number of carboxylic acids is 1. The maximum absolute atomic E-state index is 11.4. The number of carboxylic acid groups (broad SMARTS) is 1. The highest BCUT2D eigenvalue weighted by molar-refractivity contribution is 5.84. The van der Waals surface area contributed by atoms with Gasteiger partial charge in [0.25, 0.3) is 0 Å². The summed E-state index contributed by atoms with van der Waals surface area (Å²) < 4.78 is 5.30. The summed E-state index contributed by atoms with van der Waals surface area (Å²) in [6.45, 7) is 2.83. The Bertz CT molecular complexity index is 431. The van der Waals surface area contributed by atoms with Crippen molar-refractivity contribution in [3.05, 3.63) is 29.8 Å². The van der Waals surface area contributed by atoms with Crippen molar-refractivity contribution in [1.82, 2.24) is 5.32 Å². The lowest BCUT2D eigenvalue weighted by Gasteiger charge is -2.08. The summed E-state index contributed by atoms with van der Waals surface area (Å²) in [5, 5.41) is 11.2. The number of nitrogens with one attached hydrogen (secondary N) is 1. The van der Waals surface area contributed by atoms with Gasteiger partial charge >= 0.3 is 5.97 Å². The molecule has 0 fully saturated rings. The first-order chi connectivity index (χ1) is 9.02. The van der Waals surface area contributed by atoms with E-state index in [2.05, 4.69) is 5.32 Å². The Hall–Kier alpha value is -2.08. The summed E-state index contributed by atoms with van der Waals surface area (Å²) in [5.74, 6) is -0.800. The lowest BCUT2D eigenvalue weighted by atomic mass is 10.2. The Labute approximate surface area is 111 Å². The maximum atomic E-state index is 11.4. The molecule has 0 radical (unpaired) electrons. The Morgan fingerprint density at radius 2 is 2.00 bits per heavy atom. The number of aliphatic carboxylic acids is 1. The fourth-order valence-electron chi connectivity index (χ4n) is 1.43. The molecule has 1 atom stereocenters. The highest BCUT2D eigenvalue weighted by atomic mass is 16.5. The van der Waals surface area contributed by atoms with Gasteiger partial charge in [0, 0.05) is 6.54 Å². The molecule has 1 rings (SSSR count). The van der Waals surface area contributed by atoms with E-state index in [1.165, 1.54) is 0 Å². The third kappa shape index (κ3) is 5.39. The topological polar surface area (TPSA) is 102 Å². The molecule has 0 bridgehead atoms. The van der Waals surface area contributed by atoms with E-state index in [1.54, 1.807) is 0 Å². The summed E-state index contributed by atoms with van der Waals surface area (Å²) in [5.41, 5.74) is 6.17. The zero-order valence-electron chi connectivity index (χ0n) is 10.8. The fraction of sp³-hybridized carbons (Fsp3) is 0.385. The monoisotopic (exact) mass is 266 g/mol. The van der Waals surface area contributed by atoms with Crippen molar-refractivity contribution < 1.29 is 19.4 Å². The van der Waals surface area contributed by atoms with Crippen LogP contribution in [0.15, 0.2) is 24.3 Å². The number of rotatable bonds is 7. The lowest BCUT2D eigenvalue weighted by molar-refractivity contribution is -0.140. The van der Waals surface area contributed by atoms with Gasteiger partial charge in [0.1, 0.15) is 11.8 Å². The summed E-state index contributed by atoms with van der Waals surface area (Å²) >= 11 is 0. The quantitative estimate of drug-likeness (QED) is 0.667. The highest BCUT2D eigenvalue weighted by Gasteiger charge is 2.15. The van der Waals surface area contributed by atoms with E-state index >= 15 is 0 Å². The molecule has 0 aliphatic heterocycles. The van der Waals surface area contributed by atoms with Crippen LogP contribution in [0.25, 0.3) is 0 Å². The van der Waals surface area contributed by atoms with Crippen molar-refractivity contribution in [3.8, 4) is 5.75 Å². The SMILES string of the molecule is CCOc1ccc(CNC(=O)CC(N)C(=O)O)cc1. The number of carbonyl (C=O) groups is 2. The molecule has 4 N–H and O–H groups in total. The largest absolute Gasteiger partial charge is 0.494 e. The van der Waals surface area contributed by atoms with Gasteiger partial charge in [-0.1, -0.05) is 12.1 Å². The van der Waals surface area contributed by atoms with Crippen LogP contribution in [0.3, 0.4) is 0 Å². The number of benzene rings is 1. The van der Waals surface area contributed by atoms with Crippen LogP contribution in [0.1, 0.15) is 18.9 Å². The van der Waals surface area contributed by atoms with Gasteiger partial charge in [-0.05, 0) is 24.6 Å². The number of carbonyl (C=O) groups excluding carboxylic acids is 1. The van der Waals surface area contributed by atoms with Gasteiger partial charge in [-0.3, -0.25) is 9.59 Å². The molecular formula is C13H18N2O4. The van der Waals surface area contributed by atoms with Gasteiger partial charge < -0.3 is 20.9 Å². The van der Waals surface area contributed by atoms with Crippen molar-refractivity contribution in [3.63, 3.8) is 0 Å². The fourth-order valence-corrected chi connectivity index (χ4v) is 1.43. The second kappa shape index (κ2) is 7.38. The van der Waals surface area contributed by atoms with Crippen LogP contribution >= 0.6 is 0 Å². The molecule has 1 aromatic carbocycles. The van der Waals surface area contributed by atoms with Gasteiger partial charge in [0.05, 0.1) is 13.0 Å². The molecule has 0 aliphatic rings. The summed E-state index contributed by atoms with van der Waals surface area (Å²) in [4.78, 5) is 21.9. The minimum atomic E-state index is -1.18. The molecular weight excluding hydrogens is 248 g/mol. The van der Waals surface area contributed by atoms with Crippen LogP contribution < -0.4 is 15.8 Å². The average molecular weight is 266 g/mol. The first kappa shape index (κ1) is 15.0. The van der Waals surface area contributed by atoms with E-state index < -0.39 is 12.0 Å². The smallest absolute Gasteiger partial charge is 0.321 e. The number of nitrogens with two attached hydrogens (primary N) is 1. The molecule has 6 heteroatoms. The van der Waals surface area contributed by atoms with Gasteiger partial charge in [-0.2, -0.15) is 0 Å². The molecule has 0 heterocycles. The van der Waals surface area contributed by atoms with E-state index in [1.807, 2.05) is 31.2 Å². The number of amides is 1. The van der Waals surface area contributed by atoms with E-state index in [0.29, 0.717) is 13.2 Å². The minimum absolute atomic E-state index is 0.230. The van der Waals surface area contributed by atoms with E-state index in [4.69, 9.17) is 15.6 Å². The average Bonchev–Trinajstić information content (AvgIpc) is 2.38. The van der Waals surface area contributed by atoms with Gasteiger partial charge in [0.2, 0.25) is 5.91 Å². The van der Waals surface area contributed by atoms with Crippen LogP contribution in [-0.4, -0.2) is 29.6 Å². The van der Waals surface area contributed by atoms with Crippen LogP contribution in [0.5, 0.6) is 5.75 Å². The minimum Gasteiger partial charge on any atom is -0.494 e. The van der Waals surface area contributed by atoms with E-state index in [-0.39, 0.29) is 12.3 Å². The second-order valence-electron chi connectivity index (χ2n) is 4.00. The van der Waals surface area contributed by atoms with Crippen LogP contribution in [-0.2, 0) is 16.1 Å². The van der Waals surface area contributed by atoms with E-state index in [0.717, 1.165) is 11.3 Å². The molecule has 0 aromatic heterocycles. The normalized spacial score (nSPS) is 11.7. The molecule has 19 heavy (non-hydrogen) atoms. The Balaban J connectivity index is 2.39. The zero-order chi connectivity index (χ0) is 14.3. The predicted octanol–water partition coefficient (Wildman–Crippen LogP) is 0.504. The maximum Gasteiger partial charge on any atom is 0.321 e. The third-order valence-electron chi connectivity index (χ3n) is 2.45. The Morgan fingerprint density at radius 3 is 2.53 bits per heavy atom. The number of hydrogen-bond acceptors (Lipinski definition) is 4. The first-order valence-electron chi connectivity index (χ1n) is 5.99. The van der Waals surface area contributed by atoms with Crippen LogP contribution in [0.4, 0.5) is 0 Å². The summed E-state index contributed by atoms with van der Waals surface area (Å²) in [7, 11) is 0. The summed E-state index contributed by atoms with van der Waals surface area (Å²) in [6.07, 6.45) is -0.230. The molecule has 0 saturated carbocycles. The Morgan fingerprint density at radius 1 is 1.37 bits per heavy atom. The van der Waals surface area contributed by atoms with Crippen molar-refractivity contribution >= 4 is 11.9 Å². The van der Waals surface area contributed by atoms with Crippen molar-refractivity contribution in [2.45, 2.75) is 25.9 Å². The zero-order valence-corrected chi connectivity index (χ0v) is 10.8. The molecule has 1 aromatic rings. The molecule has 1 unspecified atom stereocenters. The number of ether oxygens (including phenoxy) is 1. The van der Waals surface area contributed by atoms with Gasteiger partial charge in [-0.25, -0.2) is 0 Å². The lowest BCUT2D eigenvalue weighted by Crippen LogP contribution is -2.36. The highest BCUT2D eigenvalue weighted by Crippen LogP contribution is 2.11. The third-order valence-corrected chi connectivity index (χ3v) is 2.45. The van der Waals surface area contributed by atoms with Crippen molar-refractivity contribution in [2.75, 3.05) is 6.61 Å². The van der Waals surface area contributed by atoms with Crippen molar-refractivity contribution in [2.24, 2.45) is 5.73 Å². The van der Waals surface area contributed by atoms with Crippen molar-refractivity contribution in [1.29, 1.82) is 0 Å². The van der Waals surface area contributed by atoms with Crippen LogP contribution in [0.2, 0.25) is 0 Å². The molecule has 1 amide bonds. The molecule has 104 valence electrons. The summed E-state index contributed by atoms with van der Waals surface area (Å²) in [6, 6.07) is 6.13.